The van der Waals surface area contributed by atoms with Gasteiger partial charge in [0.1, 0.15) is 5.01 Å². The maximum Gasteiger partial charge on any atom is 0.286 e. The summed E-state index contributed by atoms with van der Waals surface area (Å²) in [6, 6.07) is 11.7. The monoisotopic (exact) mass is 500 g/mol. The molecule has 1 amide bonds. The first-order chi connectivity index (χ1) is 16.5. The molecule has 178 valence electrons. The lowest BCUT2D eigenvalue weighted by molar-refractivity contribution is 0.102. The van der Waals surface area contributed by atoms with E-state index in [2.05, 4.69) is 22.4 Å². The van der Waals surface area contributed by atoms with Crippen molar-refractivity contribution in [2.24, 2.45) is 0 Å². The molecule has 9 nitrogen and oxygen atoms in total. The van der Waals surface area contributed by atoms with Gasteiger partial charge in [-0.3, -0.25) is 4.79 Å². The first-order valence-electron chi connectivity index (χ1n) is 11.1. The van der Waals surface area contributed by atoms with E-state index in [0.29, 0.717) is 35.2 Å². The van der Waals surface area contributed by atoms with Gasteiger partial charge in [0.15, 0.2) is 11.5 Å². The number of fused-ring (bicyclic) bond motifs is 1. The summed E-state index contributed by atoms with van der Waals surface area (Å²) in [6.45, 7) is 2.64. The fourth-order valence-electron chi connectivity index (χ4n) is 4.15. The van der Waals surface area contributed by atoms with Crippen LogP contribution >= 0.6 is 11.3 Å². The van der Waals surface area contributed by atoms with Crippen molar-refractivity contribution in [3.63, 3.8) is 0 Å². The quantitative estimate of drug-likeness (QED) is 0.522. The molecule has 1 atom stereocenters. The van der Waals surface area contributed by atoms with Gasteiger partial charge in [-0.2, -0.15) is 4.31 Å². The molecule has 1 fully saturated rings. The van der Waals surface area contributed by atoms with Crippen molar-refractivity contribution in [2.45, 2.75) is 43.5 Å². The number of carbonyl (C=O) groups excluding carboxylic acids is 1. The molecule has 3 heterocycles. The maximum absolute atomic E-state index is 13.3. The number of aromatic nitrogens is 2. The second-order valence-electron chi connectivity index (χ2n) is 8.14. The average molecular weight is 501 g/mol. The smallest absolute Gasteiger partial charge is 0.286 e. The summed E-state index contributed by atoms with van der Waals surface area (Å²) in [5, 5.41) is 11.7. The Morgan fingerprint density at radius 3 is 2.74 bits per heavy atom. The van der Waals surface area contributed by atoms with Crippen LogP contribution in [-0.4, -0.2) is 42.2 Å². The lowest BCUT2D eigenvalue weighted by Gasteiger charge is -2.22. The lowest BCUT2D eigenvalue weighted by atomic mass is 10.1. The van der Waals surface area contributed by atoms with Crippen molar-refractivity contribution in [1.29, 1.82) is 0 Å². The number of nitrogens with zero attached hydrogens (tertiary/aromatic N) is 3. The van der Waals surface area contributed by atoms with Crippen LogP contribution in [0.15, 0.2) is 47.4 Å². The zero-order valence-corrected chi connectivity index (χ0v) is 20.2. The van der Waals surface area contributed by atoms with E-state index >= 15 is 0 Å². The molecular weight excluding hydrogens is 476 g/mol. The lowest BCUT2D eigenvalue weighted by Crippen LogP contribution is -2.30. The Morgan fingerprint density at radius 1 is 1.15 bits per heavy atom. The molecule has 2 aromatic carbocycles. The number of benzene rings is 2. The summed E-state index contributed by atoms with van der Waals surface area (Å²) in [5.74, 6) is 0.769. The molecule has 2 aliphatic heterocycles. The molecule has 1 N–H and O–H groups in total. The summed E-state index contributed by atoms with van der Waals surface area (Å²) >= 11 is 1.11. The van der Waals surface area contributed by atoms with Gasteiger partial charge in [0.2, 0.25) is 21.8 Å². The van der Waals surface area contributed by atoms with E-state index in [-0.39, 0.29) is 16.7 Å². The zero-order chi connectivity index (χ0) is 23.7. The van der Waals surface area contributed by atoms with Crippen molar-refractivity contribution in [3.05, 3.63) is 58.0 Å². The fraction of sp³-hybridized carbons (Fsp3) is 0.348. The van der Waals surface area contributed by atoms with Crippen LogP contribution in [-0.2, 0) is 16.4 Å². The normalized spacial score (nSPS) is 17.7. The van der Waals surface area contributed by atoms with Crippen LogP contribution in [0.5, 0.6) is 11.5 Å². The predicted octanol–water partition coefficient (Wildman–Crippen LogP) is 4.00. The minimum atomic E-state index is -3.69. The number of amides is 1. The summed E-state index contributed by atoms with van der Waals surface area (Å²) in [5.41, 5.74) is 1.66. The zero-order valence-electron chi connectivity index (χ0n) is 18.6. The number of hydrogen-bond donors (Lipinski definition) is 1. The van der Waals surface area contributed by atoms with Crippen molar-refractivity contribution in [1.82, 2.24) is 14.5 Å². The van der Waals surface area contributed by atoms with Gasteiger partial charge in [-0.05, 0) is 49.1 Å². The van der Waals surface area contributed by atoms with Gasteiger partial charge in [0, 0.05) is 18.3 Å². The second-order valence-corrected chi connectivity index (χ2v) is 11.0. The first kappa shape index (κ1) is 22.8. The third kappa shape index (κ3) is 4.38. The molecule has 3 aromatic rings. The van der Waals surface area contributed by atoms with Gasteiger partial charge in [-0.1, -0.05) is 36.8 Å². The number of carbonyl (C=O) groups is 1. The molecule has 1 saturated heterocycles. The number of aryl methyl sites for hydroxylation is 1. The third-order valence-electron chi connectivity index (χ3n) is 5.82. The SMILES string of the molecule is CCCc1ccc(S(=O)(=O)N2CCC[C@H]2c2nnc(C(=O)Nc3ccc4c(c3)OCO4)s2)cc1. The molecule has 0 saturated carbocycles. The summed E-state index contributed by atoms with van der Waals surface area (Å²) < 4.78 is 38.8. The maximum atomic E-state index is 13.3. The highest BCUT2D eigenvalue weighted by Crippen LogP contribution is 2.38. The standard InChI is InChI=1S/C23H24N4O5S2/c1-2-4-15-6-9-17(10-7-15)34(29,30)27-12-3-5-18(27)22-25-26-23(33-22)21(28)24-16-8-11-19-20(13-16)32-14-31-19/h6-11,13,18H,2-5,12,14H2,1H3,(H,24,28)/t18-/m0/s1. The average Bonchev–Trinajstić information content (AvgIpc) is 3.59. The Morgan fingerprint density at radius 2 is 1.94 bits per heavy atom. The largest absolute Gasteiger partial charge is 0.454 e. The molecule has 34 heavy (non-hydrogen) atoms. The van der Waals surface area contributed by atoms with Gasteiger partial charge in [0.25, 0.3) is 5.91 Å². The van der Waals surface area contributed by atoms with Crippen LogP contribution in [0.1, 0.15) is 52.6 Å². The van der Waals surface area contributed by atoms with Crippen LogP contribution < -0.4 is 14.8 Å². The summed E-state index contributed by atoms with van der Waals surface area (Å²) in [6.07, 6.45) is 3.26. The van der Waals surface area contributed by atoms with Gasteiger partial charge < -0.3 is 14.8 Å². The van der Waals surface area contributed by atoms with Gasteiger partial charge in [0.05, 0.1) is 10.9 Å². The molecule has 0 bridgehead atoms. The van der Waals surface area contributed by atoms with Crippen LogP contribution in [0.4, 0.5) is 5.69 Å². The number of rotatable bonds is 7. The van der Waals surface area contributed by atoms with E-state index in [1.807, 2.05) is 12.1 Å². The molecule has 0 radical (unpaired) electrons. The molecule has 0 aliphatic carbocycles. The predicted molar refractivity (Wildman–Crippen MR) is 127 cm³/mol. The summed E-state index contributed by atoms with van der Waals surface area (Å²) in [4.78, 5) is 13.0. The highest BCUT2D eigenvalue weighted by Gasteiger charge is 2.38. The van der Waals surface area contributed by atoms with Crippen molar-refractivity contribution >= 4 is 33.0 Å². The van der Waals surface area contributed by atoms with Crippen molar-refractivity contribution in [2.75, 3.05) is 18.7 Å². The molecule has 1 aromatic heterocycles. The van der Waals surface area contributed by atoms with Crippen molar-refractivity contribution in [3.8, 4) is 11.5 Å². The number of ether oxygens (including phenoxy) is 2. The topological polar surface area (TPSA) is 111 Å². The van der Waals surface area contributed by atoms with Crippen LogP contribution in [0.2, 0.25) is 0 Å². The number of sulfonamides is 1. The fourth-order valence-corrected chi connectivity index (χ4v) is 6.76. The highest BCUT2D eigenvalue weighted by molar-refractivity contribution is 7.89. The second kappa shape index (κ2) is 9.32. The third-order valence-corrected chi connectivity index (χ3v) is 8.77. The molecule has 2 aliphatic rings. The Bertz CT molecular complexity index is 1310. The molecule has 0 spiro atoms. The number of anilines is 1. The summed E-state index contributed by atoms with van der Waals surface area (Å²) in [7, 11) is -3.69. The van der Waals surface area contributed by atoms with Crippen LogP contribution in [0, 0.1) is 0 Å². The Balaban J connectivity index is 1.32. The Labute approximate surface area is 201 Å². The van der Waals surface area contributed by atoms with E-state index in [0.717, 1.165) is 36.2 Å². The van der Waals surface area contributed by atoms with Crippen molar-refractivity contribution < 1.29 is 22.7 Å². The van der Waals surface area contributed by atoms with Gasteiger partial charge in [-0.25, -0.2) is 8.42 Å². The number of nitrogens with one attached hydrogen (secondary N) is 1. The number of hydrogen-bond acceptors (Lipinski definition) is 8. The van der Waals surface area contributed by atoms with Gasteiger partial charge in [-0.15, -0.1) is 10.2 Å². The molecular formula is C23H24N4O5S2. The first-order valence-corrected chi connectivity index (χ1v) is 13.4. The van der Waals surface area contributed by atoms with E-state index in [1.165, 1.54) is 4.31 Å². The highest BCUT2D eigenvalue weighted by atomic mass is 32.2. The van der Waals surface area contributed by atoms with E-state index in [1.54, 1.807) is 30.3 Å². The minimum absolute atomic E-state index is 0.149. The molecule has 11 heteroatoms. The van der Waals surface area contributed by atoms with E-state index in [9.17, 15) is 13.2 Å². The molecule has 5 rings (SSSR count). The van der Waals surface area contributed by atoms with Crippen LogP contribution in [0.25, 0.3) is 0 Å². The van der Waals surface area contributed by atoms with Crippen LogP contribution in [0.3, 0.4) is 0 Å². The Hall–Kier alpha value is -3.02. The molecule has 0 unspecified atom stereocenters. The van der Waals surface area contributed by atoms with E-state index in [4.69, 9.17) is 9.47 Å². The van der Waals surface area contributed by atoms with Gasteiger partial charge >= 0.3 is 0 Å². The Kier molecular flexibility index (Phi) is 6.24. The minimum Gasteiger partial charge on any atom is -0.454 e. The van der Waals surface area contributed by atoms with E-state index < -0.39 is 22.0 Å².